The van der Waals surface area contributed by atoms with Gasteiger partial charge in [-0.25, -0.2) is 0 Å². The average Bonchev–Trinajstić information content (AvgIpc) is 2.37. The maximum atomic E-state index is 12.2. The standard InChI is InChI=1S/C18H23NO/c1-16-7-13-8-17(10-16,14-5-3-2-4-6-14)12-18(9-13,11-16)15(19)20/h2-6,13H,7-12H2,1H3,(H2,19,20)/t13?,16-,17-,18?/m0/s1. The zero-order valence-corrected chi connectivity index (χ0v) is 12.2. The molecule has 0 radical (unpaired) electrons. The summed E-state index contributed by atoms with van der Waals surface area (Å²) >= 11 is 0. The van der Waals surface area contributed by atoms with Gasteiger partial charge in [0.05, 0.1) is 5.41 Å². The Hall–Kier alpha value is -1.31. The van der Waals surface area contributed by atoms with Gasteiger partial charge in [-0.05, 0) is 60.8 Å². The molecule has 4 aliphatic rings. The molecular formula is C18H23NO. The first-order valence-corrected chi connectivity index (χ1v) is 7.81. The average molecular weight is 269 g/mol. The van der Waals surface area contributed by atoms with Crippen molar-refractivity contribution in [3.63, 3.8) is 0 Å². The largest absolute Gasteiger partial charge is 0.369 e. The number of hydrogen-bond acceptors (Lipinski definition) is 1. The van der Waals surface area contributed by atoms with E-state index in [9.17, 15) is 4.79 Å². The molecule has 1 aromatic carbocycles. The molecule has 0 heterocycles. The van der Waals surface area contributed by atoms with E-state index in [1.165, 1.54) is 24.8 Å². The number of carbonyl (C=O) groups is 1. The third kappa shape index (κ3) is 1.54. The van der Waals surface area contributed by atoms with Gasteiger partial charge in [0, 0.05) is 0 Å². The van der Waals surface area contributed by atoms with Crippen molar-refractivity contribution in [1.29, 1.82) is 0 Å². The Morgan fingerprint density at radius 3 is 2.50 bits per heavy atom. The second kappa shape index (κ2) is 3.66. The van der Waals surface area contributed by atoms with E-state index >= 15 is 0 Å². The maximum Gasteiger partial charge on any atom is 0.223 e. The van der Waals surface area contributed by atoms with Crippen molar-refractivity contribution in [2.75, 3.05) is 0 Å². The fourth-order valence-electron chi connectivity index (χ4n) is 6.31. The third-order valence-corrected chi connectivity index (χ3v) is 6.26. The molecule has 2 unspecified atom stereocenters. The monoisotopic (exact) mass is 269 g/mol. The molecule has 2 nitrogen and oxygen atoms in total. The van der Waals surface area contributed by atoms with Gasteiger partial charge in [-0.3, -0.25) is 4.79 Å². The predicted molar refractivity (Wildman–Crippen MR) is 79.0 cm³/mol. The van der Waals surface area contributed by atoms with Crippen LogP contribution in [-0.4, -0.2) is 5.91 Å². The first kappa shape index (κ1) is 12.4. The minimum atomic E-state index is -0.232. The number of primary amides is 1. The van der Waals surface area contributed by atoms with Gasteiger partial charge in [0.2, 0.25) is 5.91 Å². The third-order valence-electron chi connectivity index (χ3n) is 6.26. The zero-order valence-electron chi connectivity index (χ0n) is 12.2. The Labute approximate surface area is 120 Å². The number of nitrogens with two attached hydrogens (primary N) is 1. The smallest absolute Gasteiger partial charge is 0.223 e. The highest BCUT2D eigenvalue weighted by Crippen LogP contribution is 2.69. The number of hydrogen-bond donors (Lipinski definition) is 1. The van der Waals surface area contributed by atoms with Crippen molar-refractivity contribution < 1.29 is 4.79 Å². The molecule has 0 spiro atoms. The Bertz CT molecular complexity index is 568. The molecular weight excluding hydrogens is 246 g/mol. The second-order valence-electron chi connectivity index (χ2n) is 8.11. The van der Waals surface area contributed by atoms with Gasteiger partial charge in [-0.1, -0.05) is 37.3 Å². The van der Waals surface area contributed by atoms with Crippen molar-refractivity contribution in [3.8, 4) is 0 Å². The van der Waals surface area contributed by atoms with Crippen LogP contribution in [0.5, 0.6) is 0 Å². The molecule has 0 aromatic heterocycles. The van der Waals surface area contributed by atoms with Crippen LogP contribution in [0.3, 0.4) is 0 Å². The zero-order chi connectivity index (χ0) is 14.0. The topological polar surface area (TPSA) is 43.1 Å². The maximum absolute atomic E-state index is 12.2. The highest BCUT2D eigenvalue weighted by molar-refractivity contribution is 5.82. The van der Waals surface area contributed by atoms with E-state index in [0.717, 1.165) is 19.3 Å². The van der Waals surface area contributed by atoms with E-state index in [1.807, 2.05) is 0 Å². The van der Waals surface area contributed by atoms with Gasteiger partial charge < -0.3 is 5.73 Å². The van der Waals surface area contributed by atoms with Crippen LogP contribution in [0.25, 0.3) is 0 Å². The van der Waals surface area contributed by atoms with E-state index in [4.69, 9.17) is 5.73 Å². The fourth-order valence-corrected chi connectivity index (χ4v) is 6.31. The van der Waals surface area contributed by atoms with Crippen LogP contribution >= 0.6 is 0 Å². The Morgan fingerprint density at radius 2 is 1.85 bits per heavy atom. The molecule has 4 atom stereocenters. The summed E-state index contributed by atoms with van der Waals surface area (Å²) in [5.41, 5.74) is 7.56. The summed E-state index contributed by atoms with van der Waals surface area (Å²) in [4.78, 5) is 12.2. The molecule has 20 heavy (non-hydrogen) atoms. The van der Waals surface area contributed by atoms with Crippen LogP contribution in [-0.2, 0) is 10.2 Å². The van der Waals surface area contributed by atoms with E-state index in [0.29, 0.717) is 11.3 Å². The van der Waals surface area contributed by atoms with Crippen molar-refractivity contribution in [2.24, 2.45) is 22.5 Å². The normalized spacial score (nSPS) is 45.5. The highest BCUT2D eigenvalue weighted by Gasteiger charge is 2.64. The van der Waals surface area contributed by atoms with E-state index in [1.54, 1.807) is 0 Å². The van der Waals surface area contributed by atoms with E-state index in [-0.39, 0.29) is 16.7 Å². The number of rotatable bonds is 2. The van der Waals surface area contributed by atoms with Crippen molar-refractivity contribution in [2.45, 2.75) is 50.9 Å². The van der Waals surface area contributed by atoms with Crippen molar-refractivity contribution in [1.82, 2.24) is 0 Å². The summed E-state index contributed by atoms with van der Waals surface area (Å²) in [6, 6.07) is 10.9. The molecule has 1 aromatic rings. The second-order valence-corrected chi connectivity index (χ2v) is 8.11. The van der Waals surface area contributed by atoms with E-state index in [2.05, 4.69) is 37.3 Å². The van der Waals surface area contributed by atoms with E-state index < -0.39 is 0 Å². The summed E-state index contributed by atoms with van der Waals surface area (Å²) < 4.78 is 0. The van der Waals surface area contributed by atoms with Crippen LogP contribution < -0.4 is 5.73 Å². The summed E-state index contributed by atoms with van der Waals surface area (Å²) in [5.74, 6) is 0.636. The fraction of sp³-hybridized carbons (Fsp3) is 0.611. The van der Waals surface area contributed by atoms with Crippen LogP contribution in [0.15, 0.2) is 30.3 Å². The van der Waals surface area contributed by atoms with Gasteiger partial charge in [0.1, 0.15) is 0 Å². The summed E-state index contributed by atoms with van der Waals surface area (Å²) in [6.07, 6.45) is 6.80. The Kier molecular flexibility index (Phi) is 2.28. The molecule has 2 N–H and O–H groups in total. The lowest BCUT2D eigenvalue weighted by molar-refractivity contribution is -0.156. The number of carbonyl (C=O) groups excluding carboxylic acids is 1. The lowest BCUT2D eigenvalue weighted by atomic mass is 9.38. The molecule has 4 aliphatic carbocycles. The van der Waals surface area contributed by atoms with Crippen molar-refractivity contribution in [3.05, 3.63) is 35.9 Å². The quantitative estimate of drug-likeness (QED) is 0.878. The van der Waals surface area contributed by atoms with Crippen LogP contribution in [0.2, 0.25) is 0 Å². The number of amides is 1. The number of benzene rings is 1. The van der Waals surface area contributed by atoms with Gasteiger partial charge >= 0.3 is 0 Å². The molecule has 1 amide bonds. The highest BCUT2D eigenvalue weighted by atomic mass is 16.1. The minimum Gasteiger partial charge on any atom is -0.369 e. The summed E-state index contributed by atoms with van der Waals surface area (Å²) in [7, 11) is 0. The predicted octanol–water partition coefficient (Wildman–Crippen LogP) is 3.40. The van der Waals surface area contributed by atoms with Crippen LogP contribution in [0, 0.1) is 16.7 Å². The summed E-state index contributed by atoms with van der Waals surface area (Å²) in [6.45, 7) is 2.38. The summed E-state index contributed by atoms with van der Waals surface area (Å²) in [5, 5.41) is 0. The van der Waals surface area contributed by atoms with Gasteiger partial charge in [0.15, 0.2) is 0 Å². The molecule has 4 saturated carbocycles. The minimum absolute atomic E-state index is 0.0480. The van der Waals surface area contributed by atoms with Crippen LogP contribution in [0.1, 0.15) is 51.0 Å². The van der Waals surface area contributed by atoms with Gasteiger partial charge in [-0.15, -0.1) is 0 Å². The molecule has 4 fully saturated rings. The molecule has 2 heteroatoms. The first-order valence-electron chi connectivity index (χ1n) is 7.81. The molecule has 106 valence electrons. The first-order chi connectivity index (χ1) is 9.46. The van der Waals surface area contributed by atoms with Crippen molar-refractivity contribution >= 4 is 5.91 Å². The molecule has 4 bridgehead atoms. The molecule has 0 saturated heterocycles. The molecule has 5 rings (SSSR count). The van der Waals surface area contributed by atoms with Gasteiger partial charge in [0.25, 0.3) is 0 Å². The lowest BCUT2D eigenvalue weighted by Crippen LogP contribution is -2.61. The lowest BCUT2D eigenvalue weighted by Gasteiger charge is -2.65. The Morgan fingerprint density at radius 1 is 1.10 bits per heavy atom. The van der Waals surface area contributed by atoms with Crippen LogP contribution in [0.4, 0.5) is 0 Å². The SMILES string of the molecule is C[C@@]12CC3CC(C(N)=O)(C1)C[C@](c1ccccc1)(C3)C2. The Balaban J connectivity index is 1.85. The molecule has 0 aliphatic heterocycles. The van der Waals surface area contributed by atoms with Gasteiger partial charge in [-0.2, -0.15) is 0 Å².